The second kappa shape index (κ2) is 5.70. The van der Waals surface area contributed by atoms with Crippen LogP contribution in [0, 0.1) is 18.6 Å². The van der Waals surface area contributed by atoms with Gasteiger partial charge in [-0.1, -0.05) is 0 Å². The Kier molecular flexibility index (Phi) is 4.17. The van der Waals surface area contributed by atoms with Gasteiger partial charge in [-0.2, -0.15) is 5.10 Å². The predicted molar refractivity (Wildman–Crippen MR) is 74.4 cm³/mol. The summed E-state index contributed by atoms with van der Waals surface area (Å²) in [5, 5.41) is 6.41. The molecule has 1 atom stereocenters. The van der Waals surface area contributed by atoms with Crippen molar-refractivity contribution in [3.05, 3.63) is 46.2 Å². The zero-order valence-corrected chi connectivity index (χ0v) is 12.4. The number of amides is 1. The molecule has 7 heteroatoms. The van der Waals surface area contributed by atoms with Gasteiger partial charge in [-0.15, -0.1) is 0 Å². The van der Waals surface area contributed by atoms with E-state index in [4.69, 9.17) is 0 Å². The molecule has 2 rings (SSSR count). The third kappa shape index (κ3) is 2.87. The molecule has 0 fully saturated rings. The Morgan fingerprint density at radius 3 is 2.75 bits per heavy atom. The van der Waals surface area contributed by atoms with Crippen LogP contribution in [0.5, 0.6) is 0 Å². The average molecular weight is 344 g/mol. The summed E-state index contributed by atoms with van der Waals surface area (Å²) in [6.45, 7) is 3.42. The lowest BCUT2D eigenvalue weighted by Gasteiger charge is -2.15. The Morgan fingerprint density at radius 1 is 1.45 bits per heavy atom. The van der Waals surface area contributed by atoms with E-state index in [9.17, 15) is 13.6 Å². The Balaban J connectivity index is 2.20. The highest BCUT2D eigenvalue weighted by Gasteiger charge is 2.19. The molecular weight excluding hydrogens is 332 g/mol. The minimum atomic E-state index is -0.690. The van der Waals surface area contributed by atoms with Crippen LogP contribution in [0.1, 0.15) is 18.7 Å². The molecule has 1 heterocycles. The summed E-state index contributed by atoms with van der Waals surface area (Å²) in [7, 11) is 0. The lowest BCUT2D eigenvalue weighted by molar-refractivity contribution is -0.119. The Hall–Kier alpha value is -1.76. The van der Waals surface area contributed by atoms with E-state index in [1.54, 1.807) is 20.0 Å². The molecular formula is C13H12BrF2N3O. The molecule has 1 unspecified atom stereocenters. The van der Waals surface area contributed by atoms with Crippen molar-refractivity contribution in [2.45, 2.75) is 19.9 Å². The van der Waals surface area contributed by atoms with Crippen LogP contribution in [0.2, 0.25) is 0 Å². The number of aromatic nitrogens is 2. The second-order valence-corrected chi connectivity index (χ2v) is 5.17. The van der Waals surface area contributed by atoms with E-state index in [-0.39, 0.29) is 5.69 Å². The number of hydrogen-bond acceptors (Lipinski definition) is 2. The molecule has 106 valence electrons. The number of halogens is 3. The molecule has 0 radical (unpaired) electrons. The van der Waals surface area contributed by atoms with E-state index in [2.05, 4.69) is 26.3 Å². The molecule has 2 aromatic rings. The number of carbonyl (C=O) groups excluding carboxylic acids is 1. The van der Waals surface area contributed by atoms with Crippen LogP contribution in [0.4, 0.5) is 14.5 Å². The van der Waals surface area contributed by atoms with Crippen LogP contribution in [0.25, 0.3) is 0 Å². The highest BCUT2D eigenvalue weighted by atomic mass is 79.9. The third-order valence-electron chi connectivity index (χ3n) is 2.92. The molecule has 0 aliphatic rings. The van der Waals surface area contributed by atoms with Crippen LogP contribution in [0.3, 0.4) is 0 Å². The van der Waals surface area contributed by atoms with Gasteiger partial charge in [0.1, 0.15) is 17.7 Å². The summed E-state index contributed by atoms with van der Waals surface area (Å²) in [4.78, 5) is 12.1. The van der Waals surface area contributed by atoms with Gasteiger partial charge in [0.15, 0.2) is 0 Å². The smallest absolute Gasteiger partial charge is 0.249 e. The number of hydrogen-bond donors (Lipinski definition) is 1. The van der Waals surface area contributed by atoms with E-state index in [1.165, 1.54) is 4.68 Å². The standard InChI is InChI=1S/C13H12BrF2N3O/c1-7-10(14)6-17-19(7)8(2)13(20)18-12-5-9(15)3-4-11(12)16/h3-6,8H,1-2H3,(H,18,20). The minimum absolute atomic E-state index is 0.189. The van der Waals surface area contributed by atoms with Gasteiger partial charge in [-0.05, 0) is 41.9 Å². The Bertz CT molecular complexity index is 657. The van der Waals surface area contributed by atoms with Crippen LogP contribution in [-0.4, -0.2) is 15.7 Å². The maximum Gasteiger partial charge on any atom is 0.249 e. The van der Waals surface area contributed by atoms with Gasteiger partial charge >= 0.3 is 0 Å². The van der Waals surface area contributed by atoms with Crippen molar-refractivity contribution in [2.75, 3.05) is 5.32 Å². The Labute approximate surface area is 122 Å². The fourth-order valence-electron chi connectivity index (χ4n) is 1.73. The third-order valence-corrected chi connectivity index (χ3v) is 3.70. The zero-order valence-electron chi connectivity index (χ0n) is 10.8. The summed E-state index contributed by atoms with van der Waals surface area (Å²) < 4.78 is 28.8. The van der Waals surface area contributed by atoms with E-state index >= 15 is 0 Å². The monoisotopic (exact) mass is 343 g/mol. The fourth-order valence-corrected chi connectivity index (χ4v) is 2.01. The summed E-state index contributed by atoms with van der Waals surface area (Å²) in [6, 6.07) is 2.24. The van der Waals surface area contributed by atoms with Gasteiger partial charge in [0.2, 0.25) is 5.91 Å². The molecule has 0 bridgehead atoms. The predicted octanol–water partition coefficient (Wildman–Crippen LogP) is 3.43. The number of benzene rings is 1. The number of rotatable bonds is 3. The molecule has 1 amide bonds. The molecule has 1 aromatic carbocycles. The minimum Gasteiger partial charge on any atom is -0.322 e. The molecule has 20 heavy (non-hydrogen) atoms. The molecule has 1 N–H and O–H groups in total. The van der Waals surface area contributed by atoms with E-state index in [1.807, 2.05) is 0 Å². The maximum atomic E-state index is 13.5. The van der Waals surface area contributed by atoms with Crippen LogP contribution in [-0.2, 0) is 4.79 Å². The van der Waals surface area contributed by atoms with Gasteiger partial charge in [-0.25, -0.2) is 8.78 Å². The first-order valence-electron chi connectivity index (χ1n) is 5.85. The van der Waals surface area contributed by atoms with Gasteiger partial charge in [0.25, 0.3) is 0 Å². The Morgan fingerprint density at radius 2 is 2.15 bits per heavy atom. The maximum absolute atomic E-state index is 13.5. The second-order valence-electron chi connectivity index (χ2n) is 4.31. The normalized spacial score (nSPS) is 12.2. The largest absolute Gasteiger partial charge is 0.322 e. The highest BCUT2D eigenvalue weighted by Crippen LogP contribution is 2.21. The number of carbonyl (C=O) groups is 1. The van der Waals surface area contributed by atoms with Gasteiger partial charge in [0, 0.05) is 6.07 Å². The molecule has 0 aliphatic heterocycles. The lowest BCUT2D eigenvalue weighted by atomic mass is 10.2. The van der Waals surface area contributed by atoms with E-state index in [0.717, 1.165) is 28.4 Å². The first kappa shape index (κ1) is 14.6. The SMILES string of the molecule is Cc1c(Br)cnn1C(C)C(=O)Nc1cc(F)ccc1F. The lowest BCUT2D eigenvalue weighted by Crippen LogP contribution is -2.25. The van der Waals surface area contributed by atoms with Crippen molar-refractivity contribution in [2.24, 2.45) is 0 Å². The van der Waals surface area contributed by atoms with Gasteiger partial charge in [-0.3, -0.25) is 9.48 Å². The first-order chi connectivity index (χ1) is 9.40. The van der Waals surface area contributed by atoms with Crippen molar-refractivity contribution >= 4 is 27.5 Å². The van der Waals surface area contributed by atoms with Crippen molar-refractivity contribution in [1.29, 1.82) is 0 Å². The first-order valence-corrected chi connectivity index (χ1v) is 6.65. The van der Waals surface area contributed by atoms with Crippen molar-refractivity contribution < 1.29 is 13.6 Å². The van der Waals surface area contributed by atoms with Crippen molar-refractivity contribution in [1.82, 2.24) is 9.78 Å². The van der Waals surface area contributed by atoms with Crippen molar-refractivity contribution in [3.8, 4) is 0 Å². The van der Waals surface area contributed by atoms with Gasteiger partial charge in [0.05, 0.1) is 22.1 Å². The van der Waals surface area contributed by atoms with Crippen LogP contribution in [0.15, 0.2) is 28.9 Å². The molecule has 0 saturated carbocycles. The number of nitrogens with zero attached hydrogens (tertiary/aromatic N) is 2. The summed E-state index contributed by atoms with van der Waals surface area (Å²) >= 11 is 3.30. The quantitative estimate of drug-likeness (QED) is 0.927. The van der Waals surface area contributed by atoms with Crippen molar-refractivity contribution in [3.63, 3.8) is 0 Å². The summed E-state index contributed by atoms with van der Waals surface area (Å²) in [5.74, 6) is -1.79. The number of anilines is 1. The summed E-state index contributed by atoms with van der Waals surface area (Å²) in [5.41, 5.74) is 0.582. The average Bonchev–Trinajstić information content (AvgIpc) is 2.73. The van der Waals surface area contributed by atoms with Crippen LogP contribution >= 0.6 is 15.9 Å². The molecule has 0 saturated heterocycles. The molecule has 1 aromatic heterocycles. The van der Waals surface area contributed by atoms with Gasteiger partial charge < -0.3 is 5.32 Å². The number of nitrogens with one attached hydrogen (secondary N) is 1. The fraction of sp³-hybridized carbons (Fsp3) is 0.231. The van der Waals surface area contributed by atoms with E-state index < -0.39 is 23.6 Å². The molecule has 0 aliphatic carbocycles. The molecule has 0 spiro atoms. The van der Waals surface area contributed by atoms with E-state index in [0.29, 0.717) is 0 Å². The summed E-state index contributed by atoms with van der Waals surface area (Å²) in [6.07, 6.45) is 1.57. The van der Waals surface area contributed by atoms with Crippen LogP contribution < -0.4 is 5.32 Å². The molecule has 4 nitrogen and oxygen atoms in total. The highest BCUT2D eigenvalue weighted by molar-refractivity contribution is 9.10. The topological polar surface area (TPSA) is 46.9 Å². The zero-order chi connectivity index (χ0) is 14.9.